The van der Waals surface area contributed by atoms with Crippen LogP contribution in [0, 0.1) is 0 Å². The fourth-order valence-electron chi connectivity index (χ4n) is 4.32. The Morgan fingerprint density at radius 3 is 1.38 bits per heavy atom. The van der Waals surface area contributed by atoms with Crippen molar-refractivity contribution in [1.29, 1.82) is 0 Å². The summed E-state index contributed by atoms with van der Waals surface area (Å²) in [6, 6.07) is 23.1. The molecule has 0 saturated heterocycles. The standard InChI is InChI=1S/C34H34O8/c1-21(2)33(37)41-19-25(35)17-39-29-15-13-23-9-5-7-11-27(23)31(29)32-28-12-8-6-10-24(28)14-16-30(32)40-18-26(36)20-42-34(38)22(3)4/h5-16,25-26,35-36H,1,3,17-20H2,2,4H3. The Balaban J connectivity index is 1.71. The molecule has 8 heteroatoms. The normalized spacial score (nSPS) is 12.4. The van der Waals surface area contributed by atoms with Crippen LogP contribution in [0.25, 0.3) is 32.7 Å². The largest absolute Gasteiger partial charge is 0.490 e. The van der Waals surface area contributed by atoms with Gasteiger partial charge in [-0.3, -0.25) is 0 Å². The third-order valence-electron chi connectivity index (χ3n) is 6.40. The van der Waals surface area contributed by atoms with E-state index in [2.05, 4.69) is 13.2 Å². The molecule has 2 unspecified atom stereocenters. The third kappa shape index (κ3) is 7.34. The predicted molar refractivity (Wildman–Crippen MR) is 161 cm³/mol. The molecule has 42 heavy (non-hydrogen) atoms. The van der Waals surface area contributed by atoms with Gasteiger partial charge in [-0.25, -0.2) is 9.59 Å². The van der Waals surface area contributed by atoms with Crippen molar-refractivity contribution >= 4 is 33.5 Å². The van der Waals surface area contributed by atoms with E-state index in [1.165, 1.54) is 13.8 Å². The number of rotatable bonds is 13. The molecule has 0 radical (unpaired) electrons. The Hall–Kier alpha value is -4.66. The predicted octanol–water partition coefficient (Wildman–Crippen LogP) is 5.38. The lowest BCUT2D eigenvalue weighted by atomic mass is 9.92. The average Bonchev–Trinajstić information content (AvgIpc) is 2.99. The lowest BCUT2D eigenvalue weighted by Gasteiger charge is -2.21. The summed E-state index contributed by atoms with van der Waals surface area (Å²) in [5.74, 6) is -0.212. The maximum absolute atomic E-state index is 11.7. The van der Waals surface area contributed by atoms with Crippen molar-refractivity contribution < 1.29 is 38.7 Å². The molecule has 4 rings (SSSR count). The van der Waals surface area contributed by atoms with Crippen LogP contribution in [0.1, 0.15) is 13.8 Å². The molecule has 0 fully saturated rings. The number of esters is 2. The van der Waals surface area contributed by atoms with Crippen molar-refractivity contribution in [2.45, 2.75) is 26.1 Å². The molecule has 0 amide bonds. The van der Waals surface area contributed by atoms with E-state index in [-0.39, 0.29) is 37.6 Å². The number of aliphatic hydroxyl groups excluding tert-OH is 2. The van der Waals surface area contributed by atoms with E-state index in [1.807, 2.05) is 72.8 Å². The molecule has 0 bridgehead atoms. The first-order valence-corrected chi connectivity index (χ1v) is 13.5. The van der Waals surface area contributed by atoms with Crippen molar-refractivity contribution in [3.05, 3.63) is 97.1 Å². The van der Waals surface area contributed by atoms with Crippen molar-refractivity contribution in [2.75, 3.05) is 26.4 Å². The molecule has 0 heterocycles. The van der Waals surface area contributed by atoms with Crippen LogP contribution < -0.4 is 9.47 Å². The number of hydrogen-bond donors (Lipinski definition) is 2. The Labute approximate surface area is 244 Å². The number of ether oxygens (including phenoxy) is 4. The molecule has 0 aliphatic heterocycles. The molecule has 0 spiro atoms. The first-order chi connectivity index (χ1) is 20.2. The molecule has 0 aliphatic rings. The average molecular weight is 571 g/mol. The zero-order valence-electron chi connectivity index (χ0n) is 23.7. The van der Waals surface area contributed by atoms with Gasteiger partial charge in [0.2, 0.25) is 0 Å². The highest BCUT2D eigenvalue weighted by Gasteiger charge is 2.21. The number of carbonyl (C=O) groups excluding carboxylic acids is 2. The van der Waals surface area contributed by atoms with Gasteiger partial charge in [-0.05, 0) is 47.5 Å². The molecule has 2 atom stereocenters. The minimum atomic E-state index is -1.08. The van der Waals surface area contributed by atoms with Gasteiger partial charge in [-0.2, -0.15) is 0 Å². The lowest BCUT2D eigenvalue weighted by molar-refractivity contribution is -0.143. The number of carbonyl (C=O) groups is 2. The van der Waals surface area contributed by atoms with Crippen LogP contribution in [0.2, 0.25) is 0 Å². The molecule has 0 aromatic heterocycles. The van der Waals surface area contributed by atoms with Gasteiger partial charge in [0.25, 0.3) is 0 Å². The van der Waals surface area contributed by atoms with E-state index in [0.717, 1.165) is 32.7 Å². The van der Waals surface area contributed by atoms with Crippen LogP contribution in [0.3, 0.4) is 0 Å². The number of aliphatic hydroxyl groups is 2. The zero-order chi connectivity index (χ0) is 30.2. The molecule has 8 nitrogen and oxygen atoms in total. The molecule has 0 saturated carbocycles. The molecular weight excluding hydrogens is 536 g/mol. The van der Waals surface area contributed by atoms with Gasteiger partial charge in [0.15, 0.2) is 0 Å². The van der Waals surface area contributed by atoms with E-state index in [1.54, 1.807) is 0 Å². The molecule has 2 N–H and O–H groups in total. The molecule has 0 aliphatic carbocycles. The third-order valence-corrected chi connectivity index (χ3v) is 6.40. The first kappa shape index (κ1) is 30.3. The van der Waals surface area contributed by atoms with Gasteiger partial charge < -0.3 is 29.2 Å². The maximum Gasteiger partial charge on any atom is 0.333 e. The fraction of sp³-hybridized carbons (Fsp3) is 0.235. The molecule has 4 aromatic rings. The van der Waals surface area contributed by atoms with E-state index < -0.39 is 24.1 Å². The minimum absolute atomic E-state index is 0.136. The first-order valence-electron chi connectivity index (χ1n) is 13.5. The van der Waals surface area contributed by atoms with Crippen molar-refractivity contribution in [2.24, 2.45) is 0 Å². The van der Waals surface area contributed by atoms with Crippen LogP contribution in [0.4, 0.5) is 0 Å². The second kappa shape index (κ2) is 13.8. The second-order valence-corrected chi connectivity index (χ2v) is 10.0. The summed E-state index contributed by atoms with van der Waals surface area (Å²) < 4.78 is 22.4. The Morgan fingerprint density at radius 1 is 0.619 bits per heavy atom. The van der Waals surface area contributed by atoms with Crippen LogP contribution in [0.5, 0.6) is 11.5 Å². The van der Waals surface area contributed by atoms with Crippen LogP contribution in [-0.2, 0) is 19.1 Å². The van der Waals surface area contributed by atoms with Crippen LogP contribution in [0.15, 0.2) is 97.1 Å². The van der Waals surface area contributed by atoms with Crippen molar-refractivity contribution in [3.8, 4) is 22.6 Å². The zero-order valence-corrected chi connectivity index (χ0v) is 23.7. The monoisotopic (exact) mass is 570 g/mol. The molecule has 218 valence electrons. The summed E-state index contributed by atoms with van der Waals surface area (Å²) in [5, 5.41) is 24.7. The lowest BCUT2D eigenvalue weighted by Crippen LogP contribution is -2.25. The van der Waals surface area contributed by atoms with E-state index in [4.69, 9.17) is 18.9 Å². The van der Waals surface area contributed by atoms with Gasteiger partial charge >= 0.3 is 11.9 Å². The maximum atomic E-state index is 11.7. The highest BCUT2D eigenvalue weighted by Crippen LogP contribution is 2.45. The number of hydrogen-bond acceptors (Lipinski definition) is 8. The van der Waals surface area contributed by atoms with Gasteiger partial charge in [-0.1, -0.05) is 73.8 Å². The summed E-state index contributed by atoms with van der Waals surface area (Å²) in [6.07, 6.45) is -2.15. The Kier molecular flexibility index (Phi) is 9.96. The smallest absolute Gasteiger partial charge is 0.333 e. The van der Waals surface area contributed by atoms with E-state index in [9.17, 15) is 19.8 Å². The topological polar surface area (TPSA) is 112 Å². The summed E-state index contributed by atoms with van der Waals surface area (Å²) in [5.41, 5.74) is 1.94. The van der Waals surface area contributed by atoms with Crippen LogP contribution in [-0.4, -0.2) is 60.8 Å². The molecule has 4 aromatic carbocycles. The summed E-state index contributed by atoms with van der Waals surface area (Å²) in [7, 11) is 0. The SMILES string of the molecule is C=C(C)C(=O)OCC(O)COc1ccc2ccccc2c1-c1c(OCC(O)COC(=O)C(=C)C)ccc2ccccc12. The highest BCUT2D eigenvalue weighted by molar-refractivity contribution is 6.09. The quantitative estimate of drug-likeness (QED) is 0.163. The van der Waals surface area contributed by atoms with E-state index in [0.29, 0.717) is 11.5 Å². The second-order valence-electron chi connectivity index (χ2n) is 10.0. The summed E-state index contributed by atoms with van der Waals surface area (Å²) >= 11 is 0. The van der Waals surface area contributed by atoms with Gasteiger partial charge in [0.05, 0.1) is 0 Å². The fourth-order valence-corrected chi connectivity index (χ4v) is 4.32. The molecular formula is C34H34O8. The van der Waals surface area contributed by atoms with Crippen molar-refractivity contribution in [3.63, 3.8) is 0 Å². The minimum Gasteiger partial charge on any atom is -0.490 e. The van der Waals surface area contributed by atoms with Crippen molar-refractivity contribution in [1.82, 2.24) is 0 Å². The van der Waals surface area contributed by atoms with Gasteiger partial charge in [-0.15, -0.1) is 0 Å². The van der Waals surface area contributed by atoms with Crippen LogP contribution >= 0.6 is 0 Å². The number of fused-ring (bicyclic) bond motifs is 2. The Bertz CT molecular complexity index is 1500. The van der Waals surface area contributed by atoms with Gasteiger partial charge in [0, 0.05) is 22.3 Å². The highest BCUT2D eigenvalue weighted by atomic mass is 16.6. The Morgan fingerprint density at radius 2 is 1.00 bits per heavy atom. The number of benzene rings is 4. The van der Waals surface area contributed by atoms with Gasteiger partial charge in [0.1, 0.15) is 50.1 Å². The van der Waals surface area contributed by atoms with E-state index >= 15 is 0 Å². The summed E-state index contributed by atoms with van der Waals surface area (Å²) in [6.45, 7) is 9.39. The summed E-state index contributed by atoms with van der Waals surface area (Å²) in [4.78, 5) is 23.5.